The van der Waals surface area contributed by atoms with Gasteiger partial charge in [-0.3, -0.25) is 0 Å². The van der Waals surface area contributed by atoms with Crippen molar-refractivity contribution in [2.24, 2.45) is 0 Å². The second kappa shape index (κ2) is 12.3. The number of fused-ring (bicyclic) bond motifs is 4. The number of likely N-dealkylation sites (tertiary alicyclic amines) is 1. The molecule has 3 atom stereocenters. The maximum atomic E-state index is 13.3. The molecular weight excluding hydrogens is 506 g/mol. The molecule has 4 aliphatic heterocycles. The molecule has 3 saturated heterocycles. The summed E-state index contributed by atoms with van der Waals surface area (Å²) in [6, 6.07) is 9.78. The molecule has 1 aliphatic carbocycles. The molecule has 1 spiro atoms. The van der Waals surface area contributed by atoms with Crippen LogP contribution in [0.4, 0.5) is 9.59 Å². The third-order valence-corrected chi connectivity index (χ3v) is 10.5. The van der Waals surface area contributed by atoms with Crippen molar-refractivity contribution in [1.29, 1.82) is 0 Å². The zero-order valence-electron chi connectivity index (χ0n) is 24.2. The van der Waals surface area contributed by atoms with Gasteiger partial charge in [0.25, 0.3) is 0 Å². The molecule has 1 saturated carbocycles. The Morgan fingerprint density at radius 3 is 2.38 bits per heavy atom. The van der Waals surface area contributed by atoms with Crippen LogP contribution in [0.25, 0.3) is 0 Å². The SMILES string of the molecule is COCCOC(=O)N1Cc2ccccc2C2(CCN(C3CCC4CCCCC(C3)N4C(=O)OC3CCC3)CC2)C1. The van der Waals surface area contributed by atoms with E-state index in [1.165, 1.54) is 30.4 Å². The van der Waals surface area contributed by atoms with Crippen molar-refractivity contribution in [3.63, 3.8) is 0 Å². The summed E-state index contributed by atoms with van der Waals surface area (Å²) in [5.74, 6) is 0. The van der Waals surface area contributed by atoms with Gasteiger partial charge in [-0.05, 0) is 88.4 Å². The topological polar surface area (TPSA) is 71.6 Å². The predicted octanol–water partition coefficient (Wildman–Crippen LogP) is 5.47. The fraction of sp³-hybridized carbons (Fsp3) is 0.750. The summed E-state index contributed by atoms with van der Waals surface area (Å²) in [4.78, 5) is 33.1. The number of amides is 2. The number of hydrogen-bond donors (Lipinski definition) is 0. The minimum Gasteiger partial charge on any atom is -0.447 e. The zero-order chi connectivity index (χ0) is 27.5. The van der Waals surface area contributed by atoms with Crippen LogP contribution in [0.1, 0.15) is 88.2 Å². The summed E-state index contributed by atoms with van der Waals surface area (Å²) in [6.45, 7) is 4.05. The minimum absolute atomic E-state index is 0.0393. The number of rotatable bonds is 5. The number of carbonyl (C=O) groups is 2. The summed E-state index contributed by atoms with van der Waals surface area (Å²) in [5, 5.41) is 0. The van der Waals surface area contributed by atoms with Crippen LogP contribution in [0.15, 0.2) is 24.3 Å². The summed E-state index contributed by atoms with van der Waals surface area (Å²) >= 11 is 0. The Labute approximate surface area is 239 Å². The maximum absolute atomic E-state index is 13.3. The van der Waals surface area contributed by atoms with Crippen LogP contribution >= 0.6 is 0 Å². The summed E-state index contributed by atoms with van der Waals surface area (Å²) < 4.78 is 16.5. The van der Waals surface area contributed by atoms with Crippen molar-refractivity contribution in [3.05, 3.63) is 35.4 Å². The smallest absolute Gasteiger partial charge is 0.410 e. The number of ether oxygens (including phenoxy) is 3. The largest absolute Gasteiger partial charge is 0.447 e. The number of piperidine rings is 1. The van der Waals surface area contributed by atoms with E-state index in [-0.39, 0.29) is 36.4 Å². The van der Waals surface area contributed by atoms with E-state index in [0.29, 0.717) is 31.8 Å². The molecule has 2 amide bonds. The van der Waals surface area contributed by atoms with Crippen molar-refractivity contribution < 1.29 is 23.8 Å². The summed E-state index contributed by atoms with van der Waals surface area (Å²) in [5.41, 5.74) is 2.61. The average molecular weight is 554 g/mol. The monoisotopic (exact) mass is 553 g/mol. The molecular formula is C32H47N3O5. The highest BCUT2D eigenvalue weighted by atomic mass is 16.6. The number of methoxy groups -OCH3 is 1. The highest BCUT2D eigenvalue weighted by Gasteiger charge is 2.46. The van der Waals surface area contributed by atoms with Gasteiger partial charge >= 0.3 is 12.2 Å². The molecule has 3 unspecified atom stereocenters. The third-order valence-electron chi connectivity index (χ3n) is 10.5. The maximum Gasteiger partial charge on any atom is 0.410 e. The molecule has 1 aromatic rings. The van der Waals surface area contributed by atoms with Crippen molar-refractivity contribution in [1.82, 2.24) is 14.7 Å². The lowest BCUT2D eigenvalue weighted by atomic mass is 9.68. The van der Waals surface area contributed by atoms with Crippen LogP contribution in [0.2, 0.25) is 0 Å². The van der Waals surface area contributed by atoms with Gasteiger partial charge in [0.15, 0.2) is 0 Å². The van der Waals surface area contributed by atoms with E-state index in [0.717, 1.165) is 70.9 Å². The first-order valence-corrected chi connectivity index (χ1v) is 15.8. The van der Waals surface area contributed by atoms with E-state index in [2.05, 4.69) is 34.1 Å². The van der Waals surface area contributed by atoms with Crippen LogP contribution in [0, 0.1) is 0 Å². The lowest BCUT2D eigenvalue weighted by Crippen LogP contribution is -2.55. The fourth-order valence-corrected chi connectivity index (χ4v) is 8.05. The predicted molar refractivity (Wildman–Crippen MR) is 152 cm³/mol. The van der Waals surface area contributed by atoms with Crippen molar-refractivity contribution in [2.75, 3.05) is 40.0 Å². The average Bonchev–Trinajstić information content (AvgIpc) is 3.27. The standard InChI is InChI=1S/C32H47N3O5/c1-38-19-20-39-30(36)34-22-24-7-2-5-12-29(24)32(23-34)15-17-33(18-16-32)26-14-13-25-8-3-4-9-27(21-26)35(25)31(37)40-28-10-6-11-28/h2,5,7,12,25-28H,3-4,6,8-11,13-23H2,1H3. The molecule has 1 aromatic carbocycles. The second-order valence-corrected chi connectivity index (χ2v) is 12.8. The van der Waals surface area contributed by atoms with Crippen LogP contribution < -0.4 is 0 Å². The molecule has 0 aromatic heterocycles. The highest BCUT2D eigenvalue weighted by molar-refractivity contribution is 5.69. The Kier molecular flexibility index (Phi) is 8.54. The van der Waals surface area contributed by atoms with Gasteiger partial charge in [-0.15, -0.1) is 0 Å². The van der Waals surface area contributed by atoms with Gasteiger partial charge in [0.05, 0.1) is 6.61 Å². The van der Waals surface area contributed by atoms with Gasteiger partial charge < -0.3 is 28.9 Å². The van der Waals surface area contributed by atoms with Gasteiger partial charge in [0.2, 0.25) is 0 Å². The van der Waals surface area contributed by atoms with Crippen molar-refractivity contribution in [3.8, 4) is 0 Å². The first-order chi connectivity index (χ1) is 19.6. The Morgan fingerprint density at radius 2 is 1.62 bits per heavy atom. The molecule has 40 heavy (non-hydrogen) atoms. The number of hydrogen-bond acceptors (Lipinski definition) is 6. The van der Waals surface area contributed by atoms with E-state index in [9.17, 15) is 9.59 Å². The van der Waals surface area contributed by atoms with Crippen LogP contribution in [-0.4, -0.2) is 91.1 Å². The second-order valence-electron chi connectivity index (χ2n) is 12.8. The Morgan fingerprint density at radius 1 is 0.875 bits per heavy atom. The number of carbonyl (C=O) groups excluding carboxylic acids is 2. The molecule has 6 rings (SSSR count). The Balaban J connectivity index is 1.13. The van der Waals surface area contributed by atoms with E-state index in [1.54, 1.807) is 7.11 Å². The molecule has 2 bridgehead atoms. The van der Waals surface area contributed by atoms with E-state index >= 15 is 0 Å². The van der Waals surface area contributed by atoms with Crippen molar-refractivity contribution >= 4 is 12.2 Å². The Hall–Kier alpha value is -2.32. The molecule has 0 radical (unpaired) electrons. The Bertz CT molecular complexity index is 1040. The van der Waals surface area contributed by atoms with Crippen LogP contribution in [-0.2, 0) is 26.2 Å². The lowest BCUT2D eigenvalue weighted by molar-refractivity contribution is 0.00686. The lowest BCUT2D eigenvalue weighted by Gasteiger charge is -2.49. The summed E-state index contributed by atoms with van der Waals surface area (Å²) in [6.07, 6.45) is 13.1. The molecule has 0 N–H and O–H groups in total. The molecule has 220 valence electrons. The van der Waals surface area contributed by atoms with Gasteiger partial charge in [0.1, 0.15) is 12.7 Å². The van der Waals surface area contributed by atoms with Gasteiger partial charge in [-0.1, -0.05) is 37.1 Å². The van der Waals surface area contributed by atoms with Gasteiger partial charge in [0, 0.05) is 43.7 Å². The highest BCUT2D eigenvalue weighted by Crippen LogP contribution is 2.44. The molecule has 4 fully saturated rings. The fourth-order valence-electron chi connectivity index (χ4n) is 8.05. The normalized spacial score (nSPS) is 28.7. The molecule has 5 aliphatic rings. The summed E-state index contributed by atoms with van der Waals surface area (Å²) in [7, 11) is 1.62. The zero-order valence-corrected chi connectivity index (χ0v) is 24.2. The van der Waals surface area contributed by atoms with E-state index in [4.69, 9.17) is 14.2 Å². The minimum atomic E-state index is -0.241. The van der Waals surface area contributed by atoms with Crippen LogP contribution in [0.5, 0.6) is 0 Å². The number of benzene rings is 1. The molecule has 8 nitrogen and oxygen atoms in total. The van der Waals surface area contributed by atoms with Crippen LogP contribution in [0.3, 0.4) is 0 Å². The number of nitrogens with zero attached hydrogens (tertiary/aromatic N) is 3. The van der Waals surface area contributed by atoms with E-state index in [1.807, 2.05) is 4.90 Å². The van der Waals surface area contributed by atoms with E-state index < -0.39 is 0 Å². The van der Waals surface area contributed by atoms with Gasteiger partial charge in [-0.25, -0.2) is 9.59 Å². The first kappa shape index (κ1) is 27.8. The molecule has 8 heteroatoms. The third kappa shape index (κ3) is 5.71. The van der Waals surface area contributed by atoms with Gasteiger partial charge in [-0.2, -0.15) is 0 Å². The first-order valence-electron chi connectivity index (χ1n) is 15.8. The quantitative estimate of drug-likeness (QED) is 0.450. The molecule has 4 heterocycles. The van der Waals surface area contributed by atoms with Crippen molar-refractivity contribution in [2.45, 2.75) is 113 Å².